The number of thiophene rings is 1. The van der Waals surface area contributed by atoms with E-state index in [1.165, 1.54) is 28.0 Å². The summed E-state index contributed by atoms with van der Waals surface area (Å²) < 4.78 is 6.65. The van der Waals surface area contributed by atoms with Gasteiger partial charge in [-0.2, -0.15) is 4.37 Å². The number of nitrogen functional groups attached to an aromatic ring is 1. The van der Waals surface area contributed by atoms with Gasteiger partial charge in [-0.25, -0.2) is 9.66 Å². The Kier molecular flexibility index (Phi) is 3.82. The van der Waals surface area contributed by atoms with Gasteiger partial charge in [0.25, 0.3) is 0 Å². The maximum Gasteiger partial charge on any atom is 0.217 e. The molecule has 3 heterocycles. The molecule has 23 heavy (non-hydrogen) atoms. The molecule has 0 saturated heterocycles. The SMILES string of the molecule is Nn1c(Sc2nc(-c3ccccc3)ns2)nnc1-c1cccs1. The van der Waals surface area contributed by atoms with Gasteiger partial charge in [0.2, 0.25) is 5.16 Å². The van der Waals surface area contributed by atoms with Crippen LogP contribution in [0.5, 0.6) is 0 Å². The molecule has 2 N–H and O–H groups in total. The Bertz CT molecular complexity index is 913. The second-order valence-electron chi connectivity index (χ2n) is 4.51. The van der Waals surface area contributed by atoms with E-state index in [0.29, 0.717) is 16.8 Å². The Morgan fingerprint density at radius 3 is 2.70 bits per heavy atom. The van der Waals surface area contributed by atoms with E-state index in [9.17, 15) is 0 Å². The van der Waals surface area contributed by atoms with Crippen LogP contribution < -0.4 is 5.84 Å². The monoisotopic (exact) mass is 358 g/mol. The molecule has 0 unspecified atom stereocenters. The lowest BCUT2D eigenvalue weighted by molar-refractivity contribution is 0.850. The largest absolute Gasteiger partial charge is 0.335 e. The molecule has 0 spiro atoms. The van der Waals surface area contributed by atoms with Crippen LogP contribution in [0.25, 0.3) is 22.1 Å². The van der Waals surface area contributed by atoms with Crippen molar-refractivity contribution in [3.8, 4) is 22.1 Å². The van der Waals surface area contributed by atoms with E-state index in [1.54, 1.807) is 11.3 Å². The summed E-state index contributed by atoms with van der Waals surface area (Å²) in [5.41, 5.74) is 0.990. The van der Waals surface area contributed by atoms with Crippen molar-refractivity contribution in [2.75, 3.05) is 5.84 Å². The van der Waals surface area contributed by atoms with Gasteiger partial charge >= 0.3 is 0 Å². The minimum absolute atomic E-state index is 0.587. The minimum Gasteiger partial charge on any atom is -0.335 e. The van der Waals surface area contributed by atoms with Crippen molar-refractivity contribution in [3.05, 3.63) is 47.8 Å². The van der Waals surface area contributed by atoms with Crippen molar-refractivity contribution in [2.45, 2.75) is 9.50 Å². The van der Waals surface area contributed by atoms with E-state index in [4.69, 9.17) is 5.84 Å². The van der Waals surface area contributed by atoms with Gasteiger partial charge in [-0.15, -0.1) is 21.5 Å². The van der Waals surface area contributed by atoms with E-state index in [-0.39, 0.29) is 0 Å². The maximum atomic E-state index is 6.09. The van der Waals surface area contributed by atoms with Crippen LogP contribution in [0, 0.1) is 0 Å². The molecule has 6 nitrogen and oxygen atoms in total. The fourth-order valence-electron chi connectivity index (χ4n) is 1.95. The van der Waals surface area contributed by atoms with E-state index < -0.39 is 0 Å². The number of nitrogens with two attached hydrogens (primary N) is 1. The third-order valence-electron chi connectivity index (χ3n) is 3.02. The lowest BCUT2D eigenvalue weighted by Gasteiger charge is -1.99. The van der Waals surface area contributed by atoms with Crippen molar-refractivity contribution in [1.82, 2.24) is 24.2 Å². The molecule has 114 valence electrons. The van der Waals surface area contributed by atoms with Crippen LogP contribution in [0.2, 0.25) is 0 Å². The molecule has 0 saturated carbocycles. The molecule has 0 aliphatic rings. The third kappa shape index (κ3) is 2.85. The Morgan fingerprint density at radius 1 is 1.04 bits per heavy atom. The average Bonchev–Trinajstić information content (AvgIpc) is 3.31. The first-order valence-electron chi connectivity index (χ1n) is 6.62. The highest BCUT2D eigenvalue weighted by Crippen LogP contribution is 2.31. The summed E-state index contributed by atoms with van der Waals surface area (Å²) in [4.78, 5) is 5.51. The maximum absolute atomic E-state index is 6.09. The molecular formula is C14H10N6S3. The number of rotatable bonds is 4. The van der Waals surface area contributed by atoms with Gasteiger partial charge in [-0.1, -0.05) is 36.4 Å². The molecular weight excluding hydrogens is 348 g/mol. The molecule has 0 aliphatic heterocycles. The van der Waals surface area contributed by atoms with Crippen molar-refractivity contribution in [2.24, 2.45) is 0 Å². The molecule has 4 rings (SSSR count). The highest BCUT2D eigenvalue weighted by molar-refractivity contribution is 8.00. The van der Waals surface area contributed by atoms with Gasteiger partial charge < -0.3 is 5.84 Å². The van der Waals surface area contributed by atoms with Crippen molar-refractivity contribution >= 4 is 34.6 Å². The summed E-state index contributed by atoms with van der Waals surface area (Å²) >= 11 is 4.26. The van der Waals surface area contributed by atoms with Crippen LogP contribution in [-0.4, -0.2) is 24.2 Å². The topological polar surface area (TPSA) is 82.5 Å². The van der Waals surface area contributed by atoms with E-state index >= 15 is 0 Å². The summed E-state index contributed by atoms with van der Waals surface area (Å²) in [5, 5.41) is 10.9. The number of hydrogen-bond donors (Lipinski definition) is 1. The van der Waals surface area contributed by atoms with Gasteiger partial charge in [-0.05, 0) is 34.7 Å². The van der Waals surface area contributed by atoms with Gasteiger partial charge in [0.05, 0.1) is 4.88 Å². The van der Waals surface area contributed by atoms with E-state index in [2.05, 4.69) is 19.6 Å². The fraction of sp³-hybridized carbons (Fsp3) is 0. The summed E-state index contributed by atoms with van der Waals surface area (Å²) in [6, 6.07) is 13.8. The Hall–Kier alpha value is -2.23. The smallest absolute Gasteiger partial charge is 0.217 e. The molecule has 3 aromatic heterocycles. The third-order valence-corrected chi connectivity index (χ3v) is 5.60. The molecule has 0 atom stereocenters. The van der Waals surface area contributed by atoms with E-state index in [0.717, 1.165) is 14.8 Å². The molecule has 0 amide bonds. The van der Waals surface area contributed by atoms with Crippen LogP contribution >= 0.6 is 34.6 Å². The Labute approximate surface area is 144 Å². The van der Waals surface area contributed by atoms with Crippen molar-refractivity contribution in [3.63, 3.8) is 0 Å². The van der Waals surface area contributed by atoms with Crippen LogP contribution in [0.15, 0.2) is 57.3 Å². The summed E-state index contributed by atoms with van der Waals surface area (Å²) in [5.74, 6) is 7.45. The zero-order valence-corrected chi connectivity index (χ0v) is 14.1. The van der Waals surface area contributed by atoms with Crippen LogP contribution in [0.1, 0.15) is 0 Å². The minimum atomic E-state index is 0.587. The first kappa shape index (κ1) is 14.4. The predicted molar refractivity (Wildman–Crippen MR) is 93.0 cm³/mol. The second-order valence-corrected chi connectivity index (χ2v) is 7.42. The standard InChI is InChI=1S/C14H10N6S3/c15-20-12(10-7-4-8-21-10)17-18-13(20)22-14-16-11(19-23-14)9-5-2-1-3-6-9/h1-8H,15H2. The molecule has 0 fully saturated rings. The number of nitrogens with zero attached hydrogens (tertiary/aromatic N) is 5. The van der Waals surface area contributed by atoms with Gasteiger partial charge in [0.15, 0.2) is 16.0 Å². The number of aromatic nitrogens is 5. The summed E-state index contributed by atoms with van der Waals surface area (Å²) in [6.45, 7) is 0. The Balaban J connectivity index is 1.59. The molecule has 0 bridgehead atoms. The summed E-state index contributed by atoms with van der Waals surface area (Å²) in [6.07, 6.45) is 0. The highest BCUT2D eigenvalue weighted by Gasteiger charge is 2.16. The van der Waals surface area contributed by atoms with Gasteiger partial charge in [-0.3, -0.25) is 0 Å². The second kappa shape index (κ2) is 6.11. The molecule has 0 aliphatic carbocycles. The van der Waals surface area contributed by atoms with Crippen molar-refractivity contribution < 1.29 is 0 Å². The summed E-state index contributed by atoms with van der Waals surface area (Å²) in [7, 11) is 0. The molecule has 1 aromatic carbocycles. The first-order chi connectivity index (χ1) is 11.3. The zero-order valence-electron chi connectivity index (χ0n) is 11.7. The number of hydrogen-bond acceptors (Lipinski definition) is 8. The van der Waals surface area contributed by atoms with E-state index in [1.807, 2.05) is 47.8 Å². The van der Waals surface area contributed by atoms with Gasteiger partial charge in [0, 0.05) is 5.56 Å². The molecule has 9 heteroatoms. The predicted octanol–water partition coefficient (Wildman–Crippen LogP) is 3.39. The lowest BCUT2D eigenvalue weighted by Crippen LogP contribution is -2.10. The van der Waals surface area contributed by atoms with Crippen LogP contribution in [0.3, 0.4) is 0 Å². The molecule has 0 radical (unpaired) electrons. The lowest BCUT2D eigenvalue weighted by atomic mass is 10.2. The Morgan fingerprint density at radius 2 is 1.91 bits per heavy atom. The first-order valence-corrected chi connectivity index (χ1v) is 9.09. The average molecular weight is 358 g/mol. The van der Waals surface area contributed by atoms with Gasteiger partial charge in [0.1, 0.15) is 0 Å². The van der Waals surface area contributed by atoms with Crippen LogP contribution in [0.4, 0.5) is 0 Å². The highest BCUT2D eigenvalue weighted by atomic mass is 32.2. The number of benzene rings is 1. The quantitative estimate of drug-likeness (QED) is 0.563. The normalized spacial score (nSPS) is 11.0. The zero-order chi connectivity index (χ0) is 15.6. The van der Waals surface area contributed by atoms with Crippen LogP contribution in [-0.2, 0) is 0 Å². The fourth-order valence-corrected chi connectivity index (χ4v) is 4.14. The van der Waals surface area contributed by atoms with Crippen molar-refractivity contribution in [1.29, 1.82) is 0 Å². The molecule has 4 aromatic rings.